The van der Waals surface area contributed by atoms with Crippen molar-refractivity contribution in [2.24, 2.45) is 5.73 Å². The third-order valence-corrected chi connectivity index (χ3v) is 3.48. The van der Waals surface area contributed by atoms with E-state index >= 15 is 0 Å². The molecule has 0 saturated heterocycles. The lowest BCUT2D eigenvalue weighted by molar-refractivity contribution is -0.121. The highest BCUT2D eigenvalue weighted by Gasteiger charge is 2.26. The molecule has 0 unspecified atom stereocenters. The maximum absolute atomic E-state index is 11.6. The highest BCUT2D eigenvalue weighted by molar-refractivity contribution is 5.94. The molecule has 3 N–H and O–H groups in total. The van der Waals surface area contributed by atoms with Crippen molar-refractivity contribution in [3.05, 3.63) is 43.0 Å². The lowest BCUT2D eigenvalue weighted by atomic mass is 10.0. The highest BCUT2D eigenvalue weighted by atomic mass is 16.1. The number of rotatable bonds is 4. The van der Waals surface area contributed by atoms with E-state index in [-0.39, 0.29) is 0 Å². The molecule has 3 aromatic rings. The van der Waals surface area contributed by atoms with Crippen molar-refractivity contribution in [3.8, 4) is 11.4 Å². The van der Waals surface area contributed by atoms with Gasteiger partial charge in [0.25, 0.3) is 0 Å². The Morgan fingerprint density at radius 3 is 2.48 bits per heavy atom. The molecule has 23 heavy (non-hydrogen) atoms. The van der Waals surface area contributed by atoms with Crippen LogP contribution in [0.25, 0.3) is 22.3 Å². The van der Waals surface area contributed by atoms with E-state index in [4.69, 9.17) is 5.73 Å². The van der Waals surface area contributed by atoms with E-state index in [1.165, 1.54) is 0 Å². The zero-order valence-corrected chi connectivity index (χ0v) is 12.8. The van der Waals surface area contributed by atoms with Gasteiger partial charge in [-0.15, -0.1) is 0 Å². The van der Waals surface area contributed by atoms with Crippen LogP contribution in [0.15, 0.2) is 43.0 Å². The van der Waals surface area contributed by atoms with E-state index in [1.54, 1.807) is 44.7 Å². The number of hydrogen-bond acceptors (Lipinski definition) is 6. The maximum atomic E-state index is 11.6. The summed E-state index contributed by atoms with van der Waals surface area (Å²) in [7, 11) is 0. The second-order valence-electron chi connectivity index (χ2n) is 5.64. The zero-order chi connectivity index (χ0) is 16.4. The van der Waals surface area contributed by atoms with Crippen molar-refractivity contribution in [1.29, 1.82) is 0 Å². The predicted octanol–water partition coefficient (Wildman–Crippen LogP) is 1.76. The monoisotopic (exact) mass is 308 g/mol. The molecule has 0 bridgehead atoms. The van der Waals surface area contributed by atoms with Crippen molar-refractivity contribution in [2.75, 3.05) is 5.32 Å². The normalized spacial score (nSPS) is 11.4. The number of anilines is 1. The van der Waals surface area contributed by atoms with Crippen LogP contribution in [-0.4, -0.2) is 31.4 Å². The van der Waals surface area contributed by atoms with Crippen molar-refractivity contribution in [3.63, 3.8) is 0 Å². The molecule has 0 spiro atoms. The quantitative estimate of drug-likeness (QED) is 0.760. The molecule has 3 rings (SSSR count). The SMILES string of the molecule is CC(C)(Nc1nc(-c2ccncc2)nc2cnccc12)C(N)=O. The molecule has 0 fully saturated rings. The summed E-state index contributed by atoms with van der Waals surface area (Å²) in [6, 6.07) is 5.44. The molecule has 116 valence electrons. The fourth-order valence-corrected chi connectivity index (χ4v) is 2.06. The summed E-state index contributed by atoms with van der Waals surface area (Å²) in [5.41, 5.74) is 6.00. The van der Waals surface area contributed by atoms with Gasteiger partial charge in [0.05, 0.1) is 11.7 Å². The summed E-state index contributed by atoms with van der Waals surface area (Å²) in [6.07, 6.45) is 6.66. The average molecular weight is 308 g/mol. The lowest BCUT2D eigenvalue weighted by Crippen LogP contribution is -2.45. The number of hydrogen-bond donors (Lipinski definition) is 2. The van der Waals surface area contributed by atoms with Gasteiger partial charge in [-0.3, -0.25) is 14.8 Å². The molecule has 0 aromatic carbocycles. The molecule has 0 aliphatic heterocycles. The summed E-state index contributed by atoms with van der Waals surface area (Å²) in [4.78, 5) is 28.8. The van der Waals surface area contributed by atoms with E-state index in [0.29, 0.717) is 17.2 Å². The first-order valence-electron chi connectivity index (χ1n) is 7.07. The largest absolute Gasteiger partial charge is 0.368 e. The minimum atomic E-state index is -0.944. The fourth-order valence-electron chi connectivity index (χ4n) is 2.06. The van der Waals surface area contributed by atoms with Gasteiger partial charge in [0.1, 0.15) is 11.4 Å². The van der Waals surface area contributed by atoms with Crippen molar-refractivity contribution >= 4 is 22.6 Å². The van der Waals surface area contributed by atoms with Gasteiger partial charge in [-0.2, -0.15) is 0 Å². The Balaban J connectivity index is 2.17. The van der Waals surface area contributed by atoms with Crippen molar-refractivity contribution < 1.29 is 4.79 Å². The number of nitrogens with one attached hydrogen (secondary N) is 1. The van der Waals surface area contributed by atoms with Crippen LogP contribution in [0, 0.1) is 0 Å². The van der Waals surface area contributed by atoms with Crippen LogP contribution >= 0.6 is 0 Å². The topological polar surface area (TPSA) is 107 Å². The molecule has 1 amide bonds. The predicted molar refractivity (Wildman–Crippen MR) is 87.5 cm³/mol. The molecular weight excluding hydrogens is 292 g/mol. The Kier molecular flexibility index (Phi) is 3.61. The number of nitrogens with two attached hydrogens (primary N) is 1. The minimum absolute atomic E-state index is 0.469. The molecule has 0 atom stereocenters. The molecule has 0 aliphatic carbocycles. The van der Waals surface area contributed by atoms with Gasteiger partial charge >= 0.3 is 0 Å². The average Bonchev–Trinajstić information content (AvgIpc) is 2.55. The number of carbonyl (C=O) groups is 1. The van der Waals surface area contributed by atoms with Gasteiger partial charge in [0.2, 0.25) is 5.91 Å². The standard InChI is InChI=1S/C16H16N6O/c1-16(2,15(17)23)22-14-11-5-8-19-9-12(11)20-13(21-14)10-3-6-18-7-4-10/h3-9H,1-2H3,(H2,17,23)(H,20,21,22). The minimum Gasteiger partial charge on any atom is -0.368 e. The second kappa shape index (κ2) is 5.60. The molecular formula is C16H16N6O. The van der Waals surface area contributed by atoms with E-state index in [0.717, 1.165) is 10.9 Å². The number of nitrogens with zero attached hydrogens (tertiary/aromatic N) is 4. The number of pyridine rings is 2. The first-order valence-corrected chi connectivity index (χ1v) is 7.07. The number of primary amides is 1. The van der Waals surface area contributed by atoms with E-state index in [1.807, 2.05) is 12.1 Å². The fraction of sp³-hybridized carbons (Fsp3) is 0.188. The first kappa shape index (κ1) is 14.8. The maximum Gasteiger partial charge on any atom is 0.242 e. The van der Waals surface area contributed by atoms with Crippen molar-refractivity contribution in [1.82, 2.24) is 19.9 Å². The summed E-state index contributed by atoms with van der Waals surface area (Å²) >= 11 is 0. The summed E-state index contributed by atoms with van der Waals surface area (Å²) < 4.78 is 0. The van der Waals surface area contributed by atoms with Gasteiger partial charge in [-0.05, 0) is 32.0 Å². The smallest absolute Gasteiger partial charge is 0.242 e. The number of fused-ring (bicyclic) bond motifs is 1. The number of amides is 1. The summed E-state index contributed by atoms with van der Waals surface area (Å²) in [6.45, 7) is 3.41. The van der Waals surface area contributed by atoms with E-state index < -0.39 is 11.4 Å². The summed E-state index contributed by atoms with van der Waals surface area (Å²) in [5.74, 6) is 0.590. The van der Waals surface area contributed by atoms with Gasteiger partial charge < -0.3 is 11.1 Å². The van der Waals surface area contributed by atoms with Crippen LogP contribution < -0.4 is 11.1 Å². The van der Waals surface area contributed by atoms with Gasteiger partial charge in [-0.1, -0.05) is 0 Å². The Hall–Kier alpha value is -3.09. The molecule has 7 heteroatoms. The molecule has 0 saturated carbocycles. The van der Waals surface area contributed by atoms with Crippen LogP contribution in [0.3, 0.4) is 0 Å². The Labute approximate surface area is 133 Å². The Morgan fingerprint density at radius 1 is 1.09 bits per heavy atom. The Bertz CT molecular complexity index is 863. The van der Waals surface area contributed by atoms with Crippen molar-refractivity contribution in [2.45, 2.75) is 19.4 Å². The Morgan fingerprint density at radius 2 is 1.78 bits per heavy atom. The number of aromatic nitrogens is 4. The van der Waals surface area contributed by atoms with E-state index in [2.05, 4.69) is 25.3 Å². The van der Waals surface area contributed by atoms with Crippen LogP contribution in [0.5, 0.6) is 0 Å². The molecule has 0 aliphatic rings. The third-order valence-electron chi connectivity index (χ3n) is 3.48. The van der Waals surface area contributed by atoms with E-state index in [9.17, 15) is 4.79 Å². The zero-order valence-electron chi connectivity index (χ0n) is 12.8. The molecule has 3 aromatic heterocycles. The third kappa shape index (κ3) is 2.94. The molecule has 7 nitrogen and oxygen atoms in total. The van der Waals surface area contributed by atoms with Gasteiger partial charge in [0.15, 0.2) is 5.82 Å². The van der Waals surface area contributed by atoms with Crippen LogP contribution in [-0.2, 0) is 4.79 Å². The molecule has 3 heterocycles. The second-order valence-corrected chi connectivity index (χ2v) is 5.64. The lowest BCUT2D eigenvalue weighted by Gasteiger charge is -2.24. The highest BCUT2D eigenvalue weighted by Crippen LogP contribution is 2.26. The number of carbonyl (C=O) groups excluding carboxylic acids is 1. The van der Waals surface area contributed by atoms with Crippen LogP contribution in [0.2, 0.25) is 0 Å². The first-order chi connectivity index (χ1) is 11.0. The van der Waals surface area contributed by atoms with Crippen LogP contribution in [0.1, 0.15) is 13.8 Å². The van der Waals surface area contributed by atoms with Gasteiger partial charge in [0, 0.05) is 29.5 Å². The van der Waals surface area contributed by atoms with Gasteiger partial charge in [-0.25, -0.2) is 9.97 Å². The van der Waals surface area contributed by atoms with Crippen LogP contribution in [0.4, 0.5) is 5.82 Å². The molecule has 0 radical (unpaired) electrons. The summed E-state index contributed by atoms with van der Waals surface area (Å²) in [5, 5.41) is 3.87.